The Morgan fingerprint density at radius 2 is 2.16 bits per heavy atom. The highest BCUT2D eigenvalue weighted by Crippen LogP contribution is 2.33. The lowest BCUT2D eigenvalue weighted by Gasteiger charge is -2.13. The van der Waals surface area contributed by atoms with Gasteiger partial charge in [-0.05, 0) is 18.1 Å². The van der Waals surface area contributed by atoms with Crippen LogP contribution in [0.3, 0.4) is 0 Å². The minimum Gasteiger partial charge on any atom is -0.396 e. The van der Waals surface area contributed by atoms with Gasteiger partial charge in [-0.15, -0.1) is 0 Å². The van der Waals surface area contributed by atoms with Crippen LogP contribution >= 0.6 is 11.3 Å². The Morgan fingerprint density at radius 1 is 1.40 bits per heavy atom. The molecule has 1 N–H and O–H groups in total. The third kappa shape index (κ3) is 3.69. The topological polar surface area (TPSA) is 53.4 Å². The molecule has 134 valence electrons. The number of anilines is 1. The molecule has 1 aromatic carbocycles. The Balaban J connectivity index is 1.80. The van der Waals surface area contributed by atoms with Crippen molar-refractivity contribution in [1.29, 1.82) is 0 Å². The highest BCUT2D eigenvalue weighted by Gasteiger charge is 2.32. The molecule has 2 aromatic rings. The summed E-state index contributed by atoms with van der Waals surface area (Å²) >= 11 is 1.16. The van der Waals surface area contributed by atoms with Crippen molar-refractivity contribution in [1.82, 2.24) is 4.98 Å². The molecule has 3 rings (SSSR count). The summed E-state index contributed by atoms with van der Waals surface area (Å²) in [5.74, 6) is 0.00356. The fraction of sp³-hybridized carbons (Fsp3) is 0.412. The van der Waals surface area contributed by atoms with Gasteiger partial charge in [-0.25, -0.2) is 4.98 Å². The molecule has 25 heavy (non-hydrogen) atoms. The second-order valence-corrected chi connectivity index (χ2v) is 7.25. The first-order valence-electron chi connectivity index (χ1n) is 7.83. The first-order chi connectivity index (χ1) is 11.8. The number of aliphatic hydroxyl groups excluding tert-OH is 1. The summed E-state index contributed by atoms with van der Waals surface area (Å²) in [6.07, 6.45) is -3.08. The number of hydrogen-bond donors (Lipinski definition) is 1. The summed E-state index contributed by atoms with van der Waals surface area (Å²) in [5, 5.41) is 10.00. The summed E-state index contributed by atoms with van der Waals surface area (Å²) in [4.78, 5) is 19.0. The van der Waals surface area contributed by atoms with Crippen molar-refractivity contribution in [2.75, 3.05) is 24.6 Å². The van der Waals surface area contributed by atoms with Crippen molar-refractivity contribution >= 4 is 22.3 Å². The number of alkyl halides is 3. The summed E-state index contributed by atoms with van der Waals surface area (Å²) in [5.41, 5.74) is -0.852. The smallest absolute Gasteiger partial charge is 0.396 e. The summed E-state index contributed by atoms with van der Waals surface area (Å²) in [6, 6.07) is 4.40. The van der Waals surface area contributed by atoms with Crippen LogP contribution in [0.2, 0.25) is 0 Å². The number of hydrogen-bond acceptors (Lipinski definition) is 5. The first-order valence-corrected chi connectivity index (χ1v) is 8.65. The molecule has 0 saturated carbocycles. The minimum absolute atomic E-state index is 0.00644. The number of benzene rings is 1. The maximum atomic E-state index is 12.8. The average molecular weight is 370 g/mol. The maximum absolute atomic E-state index is 12.8. The molecule has 0 radical (unpaired) electrons. The number of thiazole rings is 1. The zero-order valence-corrected chi connectivity index (χ0v) is 14.3. The van der Waals surface area contributed by atoms with Gasteiger partial charge >= 0.3 is 6.18 Å². The zero-order chi connectivity index (χ0) is 18.2. The molecular formula is C17H17F3N2O2S. The van der Waals surface area contributed by atoms with E-state index in [0.717, 1.165) is 30.0 Å². The molecule has 2 atom stereocenters. The van der Waals surface area contributed by atoms with Gasteiger partial charge in [0.1, 0.15) is 0 Å². The lowest BCUT2D eigenvalue weighted by atomic mass is 10.00. The van der Waals surface area contributed by atoms with Gasteiger partial charge in [-0.3, -0.25) is 4.79 Å². The van der Waals surface area contributed by atoms with Crippen LogP contribution < -0.4 is 4.90 Å². The fourth-order valence-corrected chi connectivity index (χ4v) is 3.82. The van der Waals surface area contributed by atoms with Gasteiger partial charge < -0.3 is 10.0 Å². The van der Waals surface area contributed by atoms with Crippen molar-refractivity contribution in [3.63, 3.8) is 0 Å². The molecule has 0 spiro atoms. The van der Waals surface area contributed by atoms with E-state index in [1.807, 2.05) is 11.8 Å². The largest absolute Gasteiger partial charge is 0.416 e. The Bertz CT molecular complexity index is 775. The third-order valence-corrected chi connectivity index (χ3v) is 5.50. The van der Waals surface area contributed by atoms with E-state index in [9.17, 15) is 23.1 Å². The molecule has 0 aliphatic carbocycles. The molecule has 1 saturated heterocycles. The van der Waals surface area contributed by atoms with Crippen LogP contribution in [0.25, 0.3) is 0 Å². The van der Waals surface area contributed by atoms with Crippen molar-refractivity contribution in [3.8, 4) is 0 Å². The van der Waals surface area contributed by atoms with Crippen molar-refractivity contribution in [2.45, 2.75) is 13.1 Å². The predicted octanol–water partition coefficient (Wildman–Crippen LogP) is 3.46. The van der Waals surface area contributed by atoms with Crippen molar-refractivity contribution in [3.05, 3.63) is 46.5 Å². The number of carbonyl (C=O) groups excluding carboxylic acids is 1. The van der Waals surface area contributed by atoms with Crippen LogP contribution in [0.15, 0.2) is 30.5 Å². The lowest BCUT2D eigenvalue weighted by Crippen LogP contribution is -2.20. The van der Waals surface area contributed by atoms with Gasteiger partial charge in [-0.2, -0.15) is 13.2 Å². The normalized spacial score (nSPS) is 20.9. The highest BCUT2D eigenvalue weighted by atomic mass is 32.1. The number of rotatable bonds is 4. The molecule has 2 heterocycles. The van der Waals surface area contributed by atoms with E-state index in [1.54, 1.807) is 0 Å². The lowest BCUT2D eigenvalue weighted by molar-refractivity contribution is -0.137. The molecule has 1 aliphatic heterocycles. The van der Waals surface area contributed by atoms with Crippen LogP contribution in [-0.2, 0) is 6.18 Å². The zero-order valence-electron chi connectivity index (χ0n) is 13.5. The van der Waals surface area contributed by atoms with Crippen LogP contribution in [0.1, 0.15) is 27.7 Å². The van der Waals surface area contributed by atoms with Gasteiger partial charge in [0, 0.05) is 31.2 Å². The van der Waals surface area contributed by atoms with Crippen LogP contribution in [-0.4, -0.2) is 35.6 Å². The minimum atomic E-state index is -4.49. The van der Waals surface area contributed by atoms with Gasteiger partial charge in [0.05, 0.1) is 16.6 Å². The second kappa shape index (κ2) is 6.76. The van der Waals surface area contributed by atoms with Crippen molar-refractivity contribution in [2.24, 2.45) is 11.8 Å². The SMILES string of the molecule is C[C@@H]1CN(c2ncc(C(=O)c3cccc(C(F)(F)F)c3)s2)C[C@H]1CO. The first kappa shape index (κ1) is 17.9. The van der Waals surface area contributed by atoms with E-state index in [2.05, 4.69) is 4.98 Å². The van der Waals surface area contributed by atoms with Crippen LogP contribution in [0.4, 0.5) is 18.3 Å². The third-order valence-electron chi connectivity index (χ3n) is 4.44. The summed E-state index contributed by atoms with van der Waals surface area (Å²) in [6.45, 7) is 3.53. The standard InChI is InChI=1S/C17H17F3N2O2S/c1-10-7-22(8-12(10)9-23)16-21-6-14(25-16)15(24)11-3-2-4-13(5-11)17(18,19)20/h2-6,10,12,23H,7-9H2,1H3/t10-,12+/m1/s1. The van der Waals surface area contributed by atoms with E-state index < -0.39 is 17.5 Å². The Labute approximate surface area is 146 Å². The van der Waals surface area contributed by atoms with Crippen LogP contribution in [0, 0.1) is 11.8 Å². The van der Waals surface area contributed by atoms with E-state index >= 15 is 0 Å². The Morgan fingerprint density at radius 3 is 2.80 bits per heavy atom. The Kier molecular flexibility index (Phi) is 4.83. The van der Waals surface area contributed by atoms with Gasteiger partial charge in [-0.1, -0.05) is 30.4 Å². The molecule has 1 aromatic heterocycles. The molecule has 4 nitrogen and oxygen atoms in total. The monoisotopic (exact) mass is 370 g/mol. The second-order valence-electron chi connectivity index (χ2n) is 6.24. The van der Waals surface area contributed by atoms with E-state index in [4.69, 9.17) is 0 Å². The number of halogens is 3. The molecule has 0 amide bonds. The van der Waals surface area contributed by atoms with Gasteiger partial charge in [0.25, 0.3) is 0 Å². The molecular weight excluding hydrogens is 353 g/mol. The van der Waals surface area contributed by atoms with Crippen LogP contribution in [0.5, 0.6) is 0 Å². The summed E-state index contributed by atoms with van der Waals surface area (Å²) in [7, 11) is 0. The highest BCUT2D eigenvalue weighted by molar-refractivity contribution is 7.17. The molecule has 8 heteroatoms. The number of aromatic nitrogens is 1. The van der Waals surface area contributed by atoms with E-state index in [-0.39, 0.29) is 18.1 Å². The van der Waals surface area contributed by atoms with Gasteiger partial charge in [0.2, 0.25) is 5.78 Å². The van der Waals surface area contributed by atoms with Crippen molar-refractivity contribution < 1.29 is 23.1 Å². The number of nitrogens with zero attached hydrogens (tertiary/aromatic N) is 2. The average Bonchev–Trinajstić information content (AvgIpc) is 3.20. The number of carbonyl (C=O) groups is 1. The van der Waals surface area contributed by atoms with E-state index in [0.29, 0.717) is 22.5 Å². The maximum Gasteiger partial charge on any atom is 0.416 e. The van der Waals surface area contributed by atoms with E-state index in [1.165, 1.54) is 18.3 Å². The molecule has 0 bridgehead atoms. The Hall–Kier alpha value is -1.93. The number of aliphatic hydroxyl groups is 1. The molecule has 1 aliphatic rings. The van der Waals surface area contributed by atoms with Gasteiger partial charge in [0.15, 0.2) is 5.13 Å². The molecule has 1 fully saturated rings. The summed E-state index contributed by atoms with van der Waals surface area (Å²) < 4.78 is 38.4. The fourth-order valence-electron chi connectivity index (χ4n) is 2.92. The quantitative estimate of drug-likeness (QED) is 0.838. The number of ketones is 1. The predicted molar refractivity (Wildman–Crippen MR) is 88.9 cm³/mol. The molecule has 0 unspecified atom stereocenters.